The third-order valence-corrected chi connectivity index (χ3v) is 2.40. The molecule has 1 aromatic carbocycles. The molecular formula is C13H19FN2O. The molecule has 0 fully saturated rings. The van der Waals surface area contributed by atoms with Crippen molar-refractivity contribution in [2.24, 2.45) is 0 Å². The van der Waals surface area contributed by atoms with Gasteiger partial charge in [-0.1, -0.05) is 26.0 Å². The molecule has 94 valence electrons. The van der Waals surface area contributed by atoms with E-state index in [0.29, 0.717) is 0 Å². The highest BCUT2D eigenvalue weighted by Crippen LogP contribution is 2.12. The maximum atomic E-state index is 13.0. The number of hydrogen-bond acceptors (Lipinski definition) is 2. The summed E-state index contributed by atoms with van der Waals surface area (Å²) in [6.07, 6.45) is 0. The van der Waals surface area contributed by atoms with Crippen LogP contribution in [0.5, 0.6) is 0 Å². The zero-order valence-electron chi connectivity index (χ0n) is 10.5. The Bertz CT molecular complexity index is 379. The van der Waals surface area contributed by atoms with E-state index in [1.165, 1.54) is 12.1 Å². The second kappa shape index (κ2) is 6.35. The molecule has 17 heavy (non-hydrogen) atoms. The van der Waals surface area contributed by atoms with Crippen LogP contribution in [-0.2, 0) is 4.79 Å². The number of carbonyl (C=O) groups is 1. The van der Waals surface area contributed by atoms with Crippen molar-refractivity contribution in [1.29, 1.82) is 0 Å². The molecule has 1 amide bonds. The smallest absolute Gasteiger partial charge is 0.234 e. The molecule has 1 atom stereocenters. The maximum absolute atomic E-state index is 13.0. The van der Waals surface area contributed by atoms with E-state index in [9.17, 15) is 9.18 Å². The molecule has 1 aromatic rings. The Kier molecular flexibility index (Phi) is 5.10. The molecule has 1 unspecified atom stereocenters. The van der Waals surface area contributed by atoms with Crippen molar-refractivity contribution >= 4 is 5.91 Å². The van der Waals surface area contributed by atoms with Gasteiger partial charge in [-0.3, -0.25) is 4.79 Å². The fourth-order valence-corrected chi connectivity index (χ4v) is 1.45. The van der Waals surface area contributed by atoms with Crippen molar-refractivity contribution in [2.75, 3.05) is 6.54 Å². The minimum Gasteiger partial charge on any atom is -0.348 e. The maximum Gasteiger partial charge on any atom is 0.234 e. The predicted molar refractivity (Wildman–Crippen MR) is 66.1 cm³/mol. The topological polar surface area (TPSA) is 41.1 Å². The molecule has 0 aliphatic carbocycles. The van der Waals surface area contributed by atoms with E-state index < -0.39 is 0 Å². The summed E-state index contributed by atoms with van der Waals surface area (Å²) in [5.74, 6) is -0.376. The van der Waals surface area contributed by atoms with Gasteiger partial charge in [-0.05, 0) is 24.6 Å². The number of rotatable bonds is 5. The normalized spacial score (nSPS) is 12.5. The van der Waals surface area contributed by atoms with Crippen LogP contribution in [0, 0.1) is 5.82 Å². The average molecular weight is 238 g/mol. The van der Waals surface area contributed by atoms with Gasteiger partial charge in [0.1, 0.15) is 5.82 Å². The summed E-state index contributed by atoms with van der Waals surface area (Å²) >= 11 is 0. The van der Waals surface area contributed by atoms with Crippen LogP contribution in [0.2, 0.25) is 0 Å². The minimum atomic E-state index is -0.288. The molecule has 4 heteroatoms. The van der Waals surface area contributed by atoms with Crippen LogP contribution in [0.1, 0.15) is 32.4 Å². The first-order chi connectivity index (χ1) is 7.99. The summed E-state index contributed by atoms with van der Waals surface area (Å²) in [5, 5.41) is 5.84. The van der Waals surface area contributed by atoms with E-state index in [2.05, 4.69) is 10.6 Å². The molecule has 0 bridgehead atoms. The fourth-order valence-electron chi connectivity index (χ4n) is 1.45. The third-order valence-electron chi connectivity index (χ3n) is 2.40. The molecule has 3 nitrogen and oxygen atoms in total. The van der Waals surface area contributed by atoms with Crippen LogP contribution in [0.3, 0.4) is 0 Å². The Morgan fingerprint density at radius 1 is 1.35 bits per heavy atom. The van der Waals surface area contributed by atoms with Crippen molar-refractivity contribution in [3.05, 3.63) is 35.6 Å². The third kappa shape index (κ3) is 4.95. The largest absolute Gasteiger partial charge is 0.348 e. The predicted octanol–water partition coefficient (Wildman–Crippen LogP) is 2.00. The van der Waals surface area contributed by atoms with Crippen LogP contribution < -0.4 is 10.6 Å². The van der Waals surface area contributed by atoms with Crippen molar-refractivity contribution in [3.63, 3.8) is 0 Å². The lowest BCUT2D eigenvalue weighted by Crippen LogP contribution is -2.38. The molecule has 0 aliphatic heterocycles. The zero-order valence-corrected chi connectivity index (χ0v) is 10.5. The molecule has 0 aromatic heterocycles. The van der Waals surface area contributed by atoms with Gasteiger partial charge in [-0.25, -0.2) is 4.39 Å². The van der Waals surface area contributed by atoms with Crippen molar-refractivity contribution in [2.45, 2.75) is 32.9 Å². The van der Waals surface area contributed by atoms with Crippen LogP contribution in [0.4, 0.5) is 4.39 Å². The van der Waals surface area contributed by atoms with Crippen LogP contribution in [0.25, 0.3) is 0 Å². The van der Waals surface area contributed by atoms with Gasteiger partial charge in [0, 0.05) is 6.04 Å². The summed E-state index contributed by atoms with van der Waals surface area (Å²) in [5.41, 5.74) is 0.767. The highest BCUT2D eigenvalue weighted by Gasteiger charge is 2.09. The van der Waals surface area contributed by atoms with Gasteiger partial charge < -0.3 is 10.6 Å². The second-order valence-corrected chi connectivity index (χ2v) is 4.38. The van der Waals surface area contributed by atoms with Crippen molar-refractivity contribution in [1.82, 2.24) is 10.6 Å². The monoisotopic (exact) mass is 238 g/mol. The standard InChI is InChI=1S/C13H19FN2O/c1-9(2)15-8-13(17)16-10(3)11-5-4-6-12(14)7-11/h4-7,9-10,15H,8H2,1-3H3,(H,16,17). The summed E-state index contributed by atoms with van der Waals surface area (Å²) in [6.45, 7) is 6.06. The number of amides is 1. The van der Waals surface area contributed by atoms with Gasteiger partial charge in [-0.15, -0.1) is 0 Å². The Balaban J connectivity index is 2.48. The molecule has 0 radical (unpaired) electrons. The summed E-state index contributed by atoms with van der Waals surface area (Å²) in [7, 11) is 0. The first-order valence-electron chi connectivity index (χ1n) is 5.77. The number of nitrogens with one attached hydrogen (secondary N) is 2. The molecular weight excluding hydrogens is 219 g/mol. The van der Waals surface area contributed by atoms with Gasteiger partial charge in [-0.2, -0.15) is 0 Å². The van der Waals surface area contributed by atoms with E-state index in [0.717, 1.165) is 5.56 Å². The SMILES string of the molecule is CC(C)NCC(=O)NC(C)c1cccc(F)c1. The quantitative estimate of drug-likeness (QED) is 0.823. The van der Waals surface area contributed by atoms with Crippen LogP contribution in [-0.4, -0.2) is 18.5 Å². The first kappa shape index (κ1) is 13.6. The number of carbonyl (C=O) groups excluding carboxylic acids is 1. The average Bonchev–Trinajstić information content (AvgIpc) is 2.26. The van der Waals surface area contributed by atoms with E-state index in [-0.39, 0.29) is 30.4 Å². The lowest BCUT2D eigenvalue weighted by atomic mass is 10.1. The Hall–Kier alpha value is -1.42. The molecule has 0 saturated heterocycles. The lowest BCUT2D eigenvalue weighted by molar-refractivity contribution is -0.121. The highest BCUT2D eigenvalue weighted by atomic mass is 19.1. The molecule has 0 aliphatic rings. The highest BCUT2D eigenvalue weighted by molar-refractivity contribution is 5.78. The molecule has 1 rings (SSSR count). The van der Waals surface area contributed by atoms with Gasteiger partial charge in [0.2, 0.25) is 5.91 Å². The van der Waals surface area contributed by atoms with E-state index >= 15 is 0 Å². The molecule has 0 spiro atoms. The Morgan fingerprint density at radius 3 is 2.65 bits per heavy atom. The minimum absolute atomic E-state index is 0.0875. The molecule has 0 heterocycles. The zero-order chi connectivity index (χ0) is 12.8. The van der Waals surface area contributed by atoms with Gasteiger partial charge >= 0.3 is 0 Å². The summed E-state index contributed by atoms with van der Waals surface area (Å²) in [6, 6.07) is 6.33. The number of halogens is 1. The van der Waals surface area contributed by atoms with Gasteiger partial charge in [0.05, 0.1) is 12.6 Å². The van der Waals surface area contributed by atoms with E-state index in [1.54, 1.807) is 12.1 Å². The van der Waals surface area contributed by atoms with Crippen molar-refractivity contribution in [3.8, 4) is 0 Å². The second-order valence-electron chi connectivity index (χ2n) is 4.38. The summed E-state index contributed by atoms with van der Waals surface area (Å²) in [4.78, 5) is 11.5. The van der Waals surface area contributed by atoms with E-state index in [4.69, 9.17) is 0 Å². The van der Waals surface area contributed by atoms with Crippen LogP contribution in [0.15, 0.2) is 24.3 Å². The molecule has 2 N–H and O–H groups in total. The van der Waals surface area contributed by atoms with Gasteiger partial charge in [0.15, 0.2) is 0 Å². The molecule has 0 saturated carbocycles. The lowest BCUT2D eigenvalue weighted by Gasteiger charge is -2.15. The van der Waals surface area contributed by atoms with Gasteiger partial charge in [0.25, 0.3) is 0 Å². The number of benzene rings is 1. The van der Waals surface area contributed by atoms with Crippen molar-refractivity contribution < 1.29 is 9.18 Å². The Labute approximate surface area is 101 Å². The fraction of sp³-hybridized carbons (Fsp3) is 0.462. The van der Waals surface area contributed by atoms with Crippen LogP contribution >= 0.6 is 0 Å². The summed E-state index contributed by atoms with van der Waals surface area (Å²) < 4.78 is 13.0. The number of hydrogen-bond donors (Lipinski definition) is 2. The van der Waals surface area contributed by atoms with E-state index in [1.807, 2.05) is 20.8 Å². The Morgan fingerprint density at radius 2 is 2.06 bits per heavy atom. The first-order valence-corrected chi connectivity index (χ1v) is 5.77.